The van der Waals surface area contributed by atoms with Gasteiger partial charge in [0.05, 0.1) is 6.20 Å². The Bertz CT molecular complexity index is 494. The van der Waals surface area contributed by atoms with Gasteiger partial charge in [-0.3, -0.25) is 4.68 Å². The monoisotopic (exact) mass is 220 g/mol. The summed E-state index contributed by atoms with van der Waals surface area (Å²) in [6, 6.07) is 3.89. The highest BCUT2D eigenvalue weighted by Gasteiger charge is 2.07. The highest BCUT2D eigenvalue weighted by atomic mass is 19.1. The fourth-order valence-corrected chi connectivity index (χ4v) is 1.59. The zero-order chi connectivity index (χ0) is 11.5. The summed E-state index contributed by atoms with van der Waals surface area (Å²) in [5.74, 6) is -0.298. The molecule has 4 heteroatoms. The minimum Gasteiger partial charge on any atom is -0.507 e. The maximum absolute atomic E-state index is 13.0. The van der Waals surface area contributed by atoms with E-state index in [0.29, 0.717) is 5.56 Å². The SMILES string of the molecule is CCCn1cc(-c2cc(F)ccc2O)cn1. The van der Waals surface area contributed by atoms with E-state index in [4.69, 9.17) is 0 Å². The van der Waals surface area contributed by atoms with Crippen LogP contribution in [-0.2, 0) is 6.54 Å². The Balaban J connectivity index is 2.38. The second-order valence-electron chi connectivity index (χ2n) is 3.65. The van der Waals surface area contributed by atoms with Crippen molar-refractivity contribution in [1.82, 2.24) is 9.78 Å². The van der Waals surface area contributed by atoms with Gasteiger partial charge in [0.25, 0.3) is 0 Å². The first-order valence-corrected chi connectivity index (χ1v) is 5.22. The predicted molar refractivity (Wildman–Crippen MR) is 59.6 cm³/mol. The van der Waals surface area contributed by atoms with E-state index in [2.05, 4.69) is 12.0 Å². The van der Waals surface area contributed by atoms with Gasteiger partial charge in [-0.1, -0.05) is 6.92 Å². The van der Waals surface area contributed by atoms with Gasteiger partial charge in [0, 0.05) is 23.9 Å². The Morgan fingerprint density at radius 3 is 3.00 bits per heavy atom. The van der Waals surface area contributed by atoms with E-state index < -0.39 is 0 Å². The summed E-state index contributed by atoms with van der Waals surface area (Å²) in [7, 11) is 0. The van der Waals surface area contributed by atoms with Crippen LogP contribution in [0.3, 0.4) is 0 Å². The summed E-state index contributed by atoms with van der Waals surface area (Å²) in [5, 5.41) is 13.8. The number of hydrogen-bond donors (Lipinski definition) is 1. The van der Waals surface area contributed by atoms with Crippen molar-refractivity contribution in [2.24, 2.45) is 0 Å². The first-order chi connectivity index (χ1) is 7.70. The van der Waals surface area contributed by atoms with Crippen molar-refractivity contribution in [3.63, 3.8) is 0 Å². The average molecular weight is 220 g/mol. The molecule has 0 spiro atoms. The van der Waals surface area contributed by atoms with Crippen molar-refractivity contribution >= 4 is 0 Å². The molecular formula is C12H13FN2O. The van der Waals surface area contributed by atoms with Crippen LogP contribution < -0.4 is 0 Å². The minimum absolute atomic E-state index is 0.0671. The molecule has 3 nitrogen and oxygen atoms in total. The molecule has 1 N–H and O–H groups in total. The molecule has 2 aromatic rings. The molecule has 84 valence electrons. The van der Waals surface area contributed by atoms with Crippen molar-refractivity contribution in [2.45, 2.75) is 19.9 Å². The molecule has 2 rings (SSSR count). The van der Waals surface area contributed by atoms with E-state index in [1.54, 1.807) is 17.1 Å². The molecule has 1 aromatic carbocycles. The lowest BCUT2D eigenvalue weighted by atomic mass is 10.1. The molecular weight excluding hydrogens is 207 g/mol. The average Bonchev–Trinajstić information content (AvgIpc) is 2.71. The molecule has 0 saturated carbocycles. The van der Waals surface area contributed by atoms with Gasteiger partial charge >= 0.3 is 0 Å². The highest BCUT2D eigenvalue weighted by Crippen LogP contribution is 2.29. The van der Waals surface area contributed by atoms with Gasteiger partial charge in [-0.2, -0.15) is 5.10 Å². The van der Waals surface area contributed by atoms with E-state index in [0.717, 1.165) is 18.5 Å². The number of aryl methyl sites for hydroxylation is 1. The van der Waals surface area contributed by atoms with E-state index >= 15 is 0 Å². The molecule has 0 aliphatic carbocycles. The zero-order valence-corrected chi connectivity index (χ0v) is 9.02. The first kappa shape index (κ1) is 10.7. The summed E-state index contributed by atoms with van der Waals surface area (Å²) in [6.07, 6.45) is 4.42. The maximum Gasteiger partial charge on any atom is 0.124 e. The van der Waals surface area contributed by atoms with Crippen molar-refractivity contribution in [3.8, 4) is 16.9 Å². The van der Waals surface area contributed by atoms with E-state index in [-0.39, 0.29) is 11.6 Å². The Hall–Kier alpha value is -1.84. The Morgan fingerprint density at radius 1 is 1.44 bits per heavy atom. The summed E-state index contributed by atoms with van der Waals surface area (Å²) in [4.78, 5) is 0. The molecule has 1 heterocycles. The standard InChI is InChI=1S/C12H13FN2O/c1-2-5-15-8-9(7-14-15)11-6-10(13)3-4-12(11)16/h3-4,6-8,16H,2,5H2,1H3. The smallest absolute Gasteiger partial charge is 0.124 e. The van der Waals surface area contributed by atoms with Crippen LogP contribution in [0.5, 0.6) is 5.75 Å². The fourth-order valence-electron chi connectivity index (χ4n) is 1.59. The third-order valence-corrected chi connectivity index (χ3v) is 2.36. The largest absolute Gasteiger partial charge is 0.507 e. The highest BCUT2D eigenvalue weighted by molar-refractivity contribution is 5.68. The summed E-state index contributed by atoms with van der Waals surface area (Å²) < 4.78 is 14.8. The van der Waals surface area contributed by atoms with E-state index in [1.807, 2.05) is 0 Å². The van der Waals surface area contributed by atoms with Crippen molar-refractivity contribution in [1.29, 1.82) is 0 Å². The van der Waals surface area contributed by atoms with Crippen molar-refractivity contribution in [3.05, 3.63) is 36.4 Å². The number of nitrogens with zero attached hydrogens (tertiary/aromatic N) is 2. The van der Waals surface area contributed by atoms with Gasteiger partial charge in [-0.05, 0) is 24.6 Å². The molecule has 0 saturated heterocycles. The van der Waals surface area contributed by atoms with Gasteiger partial charge in [0.1, 0.15) is 11.6 Å². The molecule has 0 bridgehead atoms. The van der Waals surface area contributed by atoms with Crippen LogP contribution in [-0.4, -0.2) is 14.9 Å². The number of benzene rings is 1. The molecule has 0 unspecified atom stereocenters. The van der Waals surface area contributed by atoms with Gasteiger partial charge in [-0.15, -0.1) is 0 Å². The molecule has 0 atom stereocenters. The maximum atomic E-state index is 13.0. The number of phenols is 1. The summed E-state index contributed by atoms with van der Waals surface area (Å²) >= 11 is 0. The number of phenolic OH excluding ortho intramolecular Hbond substituents is 1. The third kappa shape index (κ3) is 2.05. The molecule has 0 aliphatic rings. The summed E-state index contributed by atoms with van der Waals surface area (Å²) in [5.41, 5.74) is 1.20. The topological polar surface area (TPSA) is 38.0 Å². The molecule has 0 aliphatic heterocycles. The third-order valence-electron chi connectivity index (χ3n) is 2.36. The van der Waals surface area contributed by atoms with Crippen LogP contribution >= 0.6 is 0 Å². The Morgan fingerprint density at radius 2 is 2.25 bits per heavy atom. The van der Waals surface area contributed by atoms with Crippen LogP contribution in [0.15, 0.2) is 30.6 Å². The lowest BCUT2D eigenvalue weighted by molar-refractivity contribution is 0.475. The van der Waals surface area contributed by atoms with Gasteiger partial charge in [0.2, 0.25) is 0 Å². The van der Waals surface area contributed by atoms with Gasteiger partial charge < -0.3 is 5.11 Å². The van der Waals surface area contributed by atoms with Gasteiger partial charge in [0.15, 0.2) is 0 Å². The predicted octanol–water partition coefficient (Wildman–Crippen LogP) is 2.80. The number of halogens is 1. The number of aromatic nitrogens is 2. The Labute approximate surface area is 93.2 Å². The van der Waals surface area contributed by atoms with Gasteiger partial charge in [-0.25, -0.2) is 4.39 Å². The lowest BCUT2D eigenvalue weighted by Crippen LogP contribution is -1.95. The van der Waals surface area contributed by atoms with Crippen molar-refractivity contribution in [2.75, 3.05) is 0 Å². The normalized spacial score (nSPS) is 10.6. The zero-order valence-electron chi connectivity index (χ0n) is 9.02. The van der Waals surface area contributed by atoms with Crippen LogP contribution in [0.25, 0.3) is 11.1 Å². The van der Waals surface area contributed by atoms with Crippen LogP contribution in [0.2, 0.25) is 0 Å². The second-order valence-corrected chi connectivity index (χ2v) is 3.65. The molecule has 0 amide bonds. The Kier molecular flexibility index (Phi) is 2.90. The van der Waals surface area contributed by atoms with Crippen LogP contribution in [0, 0.1) is 5.82 Å². The fraction of sp³-hybridized carbons (Fsp3) is 0.250. The summed E-state index contributed by atoms with van der Waals surface area (Å²) in [6.45, 7) is 2.87. The molecule has 1 aromatic heterocycles. The number of hydrogen-bond acceptors (Lipinski definition) is 2. The molecule has 16 heavy (non-hydrogen) atoms. The van der Waals surface area contributed by atoms with Crippen LogP contribution in [0.4, 0.5) is 4.39 Å². The second kappa shape index (κ2) is 4.35. The first-order valence-electron chi connectivity index (χ1n) is 5.22. The van der Waals surface area contributed by atoms with E-state index in [9.17, 15) is 9.50 Å². The minimum atomic E-state index is -0.365. The number of aromatic hydroxyl groups is 1. The number of rotatable bonds is 3. The molecule has 0 radical (unpaired) electrons. The quantitative estimate of drug-likeness (QED) is 0.863. The van der Waals surface area contributed by atoms with Crippen LogP contribution in [0.1, 0.15) is 13.3 Å². The lowest BCUT2D eigenvalue weighted by Gasteiger charge is -2.01. The van der Waals surface area contributed by atoms with E-state index in [1.165, 1.54) is 18.2 Å². The van der Waals surface area contributed by atoms with Crippen molar-refractivity contribution < 1.29 is 9.50 Å². The molecule has 0 fully saturated rings.